The summed E-state index contributed by atoms with van der Waals surface area (Å²) < 4.78 is 5.20. The molecule has 2 amide bonds. The molecule has 310 valence electrons. The first-order valence-electron chi connectivity index (χ1n) is 19.5. The Morgan fingerprint density at radius 1 is 0.877 bits per heavy atom. The van der Waals surface area contributed by atoms with Crippen LogP contribution in [0.5, 0.6) is 0 Å². The minimum Gasteiger partial charge on any atom is -0.657 e. The fourth-order valence-electron chi connectivity index (χ4n) is 7.89. The van der Waals surface area contributed by atoms with Crippen molar-refractivity contribution >= 4 is 45.6 Å². The standard InChI is InChI=1S/C42H57N7O7.Pd/c1-9-27-21(3)30-18-35-38(25(7)51)23(5)32(47-35)16-31-22(4)28(11-12-36(53)45-19-26(52)20-50)40(48-31)29(15-37(54)56-8)41-39(42(55)44-14-13-43-10-2)24(6)33(49-41)17-34(27)46-30;/h16-18,21-22,26-28,43,50,52H,9-15,19-20H2,1-8H3,(H4,44,45,46,47,48,49,51,53,55);/q;+2/p-2/t21-,22+,26?,27-,28+;/m1./s1. The van der Waals surface area contributed by atoms with Gasteiger partial charge in [-0.15, -0.1) is 22.1 Å². The molecule has 0 aliphatic carbocycles. The molecule has 0 saturated carbocycles. The number of fused-ring (bicyclic) bond motifs is 8. The van der Waals surface area contributed by atoms with Gasteiger partial charge in [-0.05, 0) is 45.7 Å². The molecule has 0 fully saturated rings. The molecule has 0 aromatic carbocycles. The van der Waals surface area contributed by atoms with E-state index in [9.17, 15) is 29.4 Å². The number of carbonyl (C=O) groups excluding carboxylic acids is 4. The number of aliphatic hydroxyl groups excluding tert-OH is 2. The van der Waals surface area contributed by atoms with Gasteiger partial charge in [0.05, 0.1) is 26.2 Å². The Morgan fingerprint density at radius 2 is 1.51 bits per heavy atom. The predicted octanol–water partition coefficient (Wildman–Crippen LogP) is 3.88. The van der Waals surface area contributed by atoms with E-state index in [0.717, 1.165) is 24.4 Å². The molecule has 15 heteroatoms. The number of nitrogens with zero attached hydrogens (tertiary/aromatic N) is 4. The minimum absolute atomic E-state index is 0. The van der Waals surface area contributed by atoms with Crippen LogP contribution in [-0.4, -0.2) is 89.7 Å². The maximum Gasteiger partial charge on any atom is 2.00 e. The van der Waals surface area contributed by atoms with Gasteiger partial charge in [0.2, 0.25) is 11.8 Å². The summed E-state index contributed by atoms with van der Waals surface area (Å²) in [6.07, 6.45) is -0.216. The number of esters is 1. The van der Waals surface area contributed by atoms with E-state index in [1.165, 1.54) is 14.0 Å². The first kappa shape index (κ1) is 45.4. The SMILES string of the molecule is CCNCCNC(=O)c1c(C)c2cc3nc(cc4[n-]c(cc5nc(c(CC(=O)OC)c1[n-]2)[C@@H](CCC(=O)NCC(O)CO)[C@@H]5C)c(C)c4C(C)=O)[C@H](C)[C@H]3CC.[Pd+2]. The molecule has 2 aliphatic rings. The zero-order valence-corrected chi connectivity index (χ0v) is 35.6. The van der Waals surface area contributed by atoms with Crippen molar-refractivity contribution in [3.05, 3.63) is 68.8 Å². The van der Waals surface area contributed by atoms with Crippen LogP contribution in [0.3, 0.4) is 0 Å². The van der Waals surface area contributed by atoms with Crippen LogP contribution in [0.1, 0.15) is 138 Å². The summed E-state index contributed by atoms with van der Waals surface area (Å²) in [6.45, 7) is 14.5. The van der Waals surface area contributed by atoms with Gasteiger partial charge in [0, 0.05) is 83.6 Å². The number of aryl methyl sites for hydroxylation is 2. The third kappa shape index (κ3) is 9.90. The van der Waals surface area contributed by atoms with Gasteiger partial charge in [-0.2, -0.15) is 0 Å². The number of amides is 2. The molecule has 5 N–H and O–H groups in total. The summed E-state index contributed by atoms with van der Waals surface area (Å²) in [4.78, 5) is 74.0. The molecule has 57 heavy (non-hydrogen) atoms. The quantitative estimate of drug-likeness (QED) is 0.0639. The van der Waals surface area contributed by atoms with Crippen molar-refractivity contribution in [3.63, 3.8) is 0 Å². The molecule has 3 aromatic rings. The molecule has 2 aliphatic heterocycles. The molecule has 5 rings (SSSR count). The van der Waals surface area contributed by atoms with E-state index in [1.807, 2.05) is 45.9 Å². The molecule has 0 saturated heterocycles. The summed E-state index contributed by atoms with van der Waals surface area (Å²) in [5.74, 6) is -2.03. The summed E-state index contributed by atoms with van der Waals surface area (Å²) >= 11 is 0. The van der Waals surface area contributed by atoms with Crippen molar-refractivity contribution < 1.29 is 54.6 Å². The molecular formula is C42H55N7O7Pd. The van der Waals surface area contributed by atoms with Crippen LogP contribution in [0.2, 0.25) is 0 Å². The van der Waals surface area contributed by atoms with Gasteiger partial charge in [-0.1, -0.05) is 57.0 Å². The second kappa shape index (κ2) is 19.9. The Morgan fingerprint density at radius 3 is 2.16 bits per heavy atom. The van der Waals surface area contributed by atoms with Crippen molar-refractivity contribution in [1.82, 2.24) is 35.9 Å². The molecular weight excluding hydrogens is 821 g/mol. The van der Waals surface area contributed by atoms with Crippen molar-refractivity contribution in [3.8, 4) is 0 Å². The van der Waals surface area contributed by atoms with Gasteiger partial charge in [0.1, 0.15) is 0 Å². The molecule has 3 aromatic heterocycles. The van der Waals surface area contributed by atoms with E-state index in [-0.39, 0.29) is 75.2 Å². The number of ether oxygens (including phenoxy) is 1. The number of Topliss-reactive ketones (excluding diaryl/α,β-unsaturated/α-hetero) is 1. The van der Waals surface area contributed by atoms with Crippen LogP contribution in [0, 0.1) is 13.8 Å². The first-order valence-corrected chi connectivity index (χ1v) is 19.5. The van der Waals surface area contributed by atoms with E-state index in [1.54, 1.807) is 0 Å². The van der Waals surface area contributed by atoms with Gasteiger partial charge in [-0.3, -0.25) is 29.1 Å². The number of ketones is 1. The molecule has 0 spiro atoms. The Kier molecular flexibility index (Phi) is 15.9. The van der Waals surface area contributed by atoms with Gasteiger partial charge >= 0.3 is 26.4 Å². The van der Waals surface area contributed by atoms with E-state index in [2.05, 4.69) is 29.8 Å². The number of carbonyl (C=O) groups is 4. The Hall–Kier alpha value is -4.26. The van der Waals surface area contributed by atoms with Gasteiger partial charge in [-0.25, -0.2) is 0 Å². The average molecular weight is 876 g/mol. The van der Waals surface area contributed by atoms with Crippen LogP contribution < -0.4 is 25.9 Å². The minimum atomic E-state index is -1.09. The number of nitrogens with one attached hydrogen (secondary N) is 3. The van der Waals surface area contributed by atoms with Gasteiger partial charge in [0.15, 0.2) is 5.78 Å². The van der Waals surface area contributed by atoms with Crippen LogP contribution in [-0.2, 0) is 41.2 Å². The molecule has 0 radical (unpaired) electrons. The molecule has 14 nitrogen and oxygen atoms in total. The van der Waals surface area contributed by atoms with Crippen molar-refractivity contribution in [2.24, 2.45) is 0 Å². The average Bonchev–Trinajstić information content (AvgIpc) is 3.86. The fourth-order valence-corrected chi connectivity index (χ4v) is 7.89. The second-order valence-corrected chi connectivity index (χ2v) is 14.8. The van der Waals surface area contributed by atoms with Gasteiger partial charge in [0.25, 0.3) is 0 Å². The number of rotatable bonds is 15. The van der Waals surface area contributed by atoms with Crippen LogP contribution >= 0.6 is 0 Å². The third-order valence-electron chi connectivity index (χ3n) is 11.1. The first-order chi connectivity index (χ1) is 26.7. The summed E-state index contributed by atoms with van der Waals surface area (Å²) in [7, 11) is 1.30. The molecule has 5 heterocycles. The van der Waals surface area contributed by atoms with Crippen LogP contribution in [0.25, 0.3) is 22.1 Å². The summed E-state index contributed by atoms with van der Waals surface area (Å²) in [6, 6.07) is 5.66. The smallest absolute Gasteiger partial charge is 0.657 e. The van der Waals surface area contributed by atoms with E-state index in [4.69, 9.17) is 24.7 Å². The molecule has 5 atom stereocenters. The van der Waals surface area contributed by atoms with Gasteiger partial charge < -0.3 is 40.9 Å². The zero-order valence-electron chi connectivity index (χ0n) is 34.0. The maximum absolute atomic E-state index is 14.2. The normalized spacial score (nSPS) is 18.1. The van der Waals surface area contributed by atoms with Crippen molar-refractivity contribution in [2.45, 2.75) is 104 Å². The topological polar surface area (TPSA) is 208 Å². The largest absolute Gasteiger partial charge is 2.00 e. The monoisotopic (exact) mass is 875 g/mol. The third-order valence-corrected chi connectivity index (χ3v) is 11.1. The summed E-state index contributed by atoms with van der Waals surface area (Å²) in [5, 5.41) is 28.0. The Labute approximate surface area is 347 Å². The van der Waals surface area contributed by atoms with Crippen molar-refractivity contribution in [1.29, 1.82) is 0 Å². The Balaban J connectivity index is 0.00000720. The number of likely N-dealkylation sites (N-methyl/N-ethyl adjacent to an activating group) is 1. The number of methoxy groups -OCH3 is 1. The van der Waals surface area contributed by atoms with E-state index >= 15 is 0 Å². The number of aromatic nitrogens is 4. The molecule has 1 unspecified atom stereocenters. The Bertz CT molecular complexity index is 2150. The maximum atomic E-state index is 14.2. The fraction of sp³-hybridized carbons (Fsp3) is 0.524. The second-order valence-electron chi connectivity index (χ2n) is 14.8. The van der Waals surface area contributed by atoms with E-state index < -0.39 is 24.6 Å². The zero-order chi connectivity index (χ0) is 40.8. The van der Waals surface area contributed by atoms with Crippen LogP contribution in [0.15, 0.2) is 18.2 Å². The number of hydrogen-bond acceptors (Lipinski definition) is 10. The number of aliphatic hydroxyl groups is 2. The van der Waals surface area contributed by atoms with Crippen molar-refractivity contribution in [2.75, 3.05) is 39.9 Å². The van der Waals surface area contributed by atoms with E-state index in [0.29, 0.717) is 80.8 Å². The number of hydrogen-bond donors (Lipinski definition) is 5. The molecule has 8 bridgehead atoms. The van der Waals surface area contributed by atoms with Crippen LogP contribution in [0.4, 0.5) is 0 Å². The predicted molar refractivity (Wildman–Crippen MR) is 213 cm³/mol. The summed E-state index contributed by atoms with van der Waals surface area (Å²) in [5.41, 5.74) is 7.19.